The molecule has 2 fully saturated rings. The molecule has 6 nitrogen and oxygen atoms in total. The summed E-state index contributed by atoms with van der Waals surface area (Å²) in [6.07, 6.45) is 4.66. The third-order valence-electron chi connectivity index (χ3n) is 5.07. The van der Waals surface area contributed by atoms with Gasteiger partial charge in [0.1, 0.15) is 5.75 Å². The first kappa shape index (κ1) is 18.9. The van der Waals surface area contributed by atoms with Crippen molar-refractivity contribution in [1.29, 1.82) is 0 Å². The van der Waals surface area contributed by atoms with Gasteiger partial charge in [-0.25, -0.2) is 0 Å². The minimum atomic E-state index is -0.0989. The van der Waals surface area contributed by atoms with Crippen molar-refractivity contribution in [3.63, 3.8) is 0 Å². The van der Waals surface area contributed by atoms with Crippen LogP contribution in [0.4, 0.5) is 0 Å². The van der Waals surface area contributed by atoms with E-state index >= 15 is 0 Å². The van der Waals surface area contributed by atoms with Gasteiger partial charge in [0.05, 0.1) is 6.10 Å². The summed E-state index contributed by atoms with van der Waals surface area (Å²) in [4.78, 5) is 25.8. The Kier molecular flexibility index (Phi) is 6.63. The van der Waals surface area contributed by atoms with E-state index < -0.39 is 0 Å². The SMILES string of the molecule is CC(=O)c1ccc(OCC(=O)NC2CCN(C[C@@H]3CCCO3)CC2)cc1. The lowest BCUT2D eigenvalue weighted by Crippen LogP contribution is -2.47. The van der Waals surface area contributed by atoms with Crippen molar-refractivity contribution < 1.29 is 19.1 Å². The number of ether oxygens (including phenoxy) is 2. The number of ketones is 1. The van der Waals surface area contributed by atoms with Crippen LogP contribution >= 0.6 is 0 Å². The first-order valence-electron chi connectivity index (χ1n) is 9.47. The second-order valence-electron chi connectivity index (χ2n) is 7.15. The Morgan fingerprint density at radius 1 is 1.19 bits per heavy atom. The molecule has 26 heavy (non-hydrogen) atoms. The number of piperidine rings is 1. The van der Waals surface area contributed by atoms with Gasteiger partial charge in [0, 0.05) is 37.8 Å². The number of carbonyl (C=O) groups excluding carboxylic acids is 2. The number of amides is 1. The Hall–Kier alpha value is -1.92. The highest BCUT2D eigenvalue weighted by molar-refractivity contribution is 5.94. The second-order valence-corrected chi connectivity index (χ2v) is 7.15. The van der Waals surface area contributed by atoms with Crippen LogP contribution in [0.5, 0.6) is 5.75 Å². The molecule has 0 aromatic heterocycles. The number of hydrogen-bond acceptors (Lipinski definition) is 5. The summed E-state index contributed by atoms with van der Waals surface area (Å²) < 4.78 is 11.2. The number of likely N-dealkylation sites (tertiary alicyclic amines) is 1. The fraction of sp³-hybridized carbons (Fsp3) is 0.600. The van der Waals surface area contributed by atoms with Gasteiger partial charge in [0.15, 0.2) is 12.4 Å². The van der Waals surface area contributed by atoms with Crippen LogP contribution in [0, 0.1) is 0 Å². The van der Waals surface area contributed by atoms with Crippen molar-refractivity contribution in [1.82, 2.24) is 10.2 Å². The minimum Gasteiger partial charge on any atom is -0.484 e. The molecule has 0 radical (unpaired) electrons. The van der Waals surface area contributed by atoms with Crippen molar-refractivity contribution in [2.75, 3.05) is 32.8 Å². The lowest BCUT2D eigenvalue weighted by Gasteiger charge is -2.33. The van der Waals surface area contributed by atoms with E-state index in [4.69, 9.17) is 9.47 Å². The topological polar surface area (TPSA) is 67.9 Å². The molecule has 0 unspecified atom stereocenters. The molecule has 1 atom stereocenters. The summed E-state index contributed by atoms with van der Waals surface area (Å²) in [7, 11) is 0. The van der Waals surface area contributed by atoms with Gasteiger partial charge in [0.25, 0.3) is 5.91 Å². The Labute approximate surface area is 154 Å². The molecule has 0 aliphatic carbocycles. The van der Waals surface area contributed by atoms with Gasteiger partial charge in [-0.1, -0.05) is 0 Å². The third kappa shape index (κ3) is 5.54. The molecule has 1 N–H and O–H groups in total. The maximum absolute atomic E-state index is 12.1. The van der Waals surface area contributed by atoms with Gasteiger partial charge in [-0.3, -0.25) is 9.59 Å². The Morgan fingerprint density at radius 2 is 1.92 bits per heavy atom. The van der Waals surface area contributed by atoms with E-state index in [0.717, 1.165) is 39.1 Å². The molecule has 1 amide bonds. The Balaban J connectivity index is 1.34. The van der Waals surface area contributed by atoms with Crippen LogP contribution in [0.15, 0.2) is 24.3 Å². The van der Waals surface area contributed by atoms with Gasteiger partial charge in [-0.15, -0.1) is 0 Å². The summed E-state index contributed by atoms with van der Waals surface area (Å²) in [5.74, 6) is 0.509. The standard InChI is InChI=1S/C20H28N2O4/c1-15(23)16-4-6-18(7-5-16)26-14-20(24)21-17-8-10-22(11-9-17)13-19-3-2-12-25-19/h4-7,17,19H,2-3,8-14H2,1H3,(H,21,24)/t19-/m0/s1. The Morgan fingerprint density at radius 3 is 2.54 bits per heavy atom. The highest BCUT2D eigenvalue weighted by Gasteiger charge is 2.24. The third-order valence-corrected chi connectivity index (χ3v) is 5.07. The zero-order valence-corrected chi connectivity index (χ0v) is 15.4. The van der Waals surface area contributed by atoms with Crippen molar-refractivity contribution >= 4 is 11.7 Å². The monoisotopic (exact) mass is 360 g/mol. The number of hydrogen-bond donors (Lipinski definition) is 1. The predicted octanol–water partition coefficient (Wildman–Crippen LogP) is 2.03. The Bertz CT molecular complexity index is 603. The van der Waals surface area contributed by atoms with Crippen LogP contribution in [0.3, 0.4) is 0 Å². The maximum Gasteiger partial charge on any atom is 0.258 e. The highest BCUT2D eigenvalue weighted by atomic mass is 16.5. The fourth-order valence-corrected chi connectivity index (χ4v) is 3.54. The first-order chi connectivity index (χ1) is 12.6. The summed E-state index contributed by atoms with van der Waals surface area (Å²) in [5.41, 5.74) is 0.636. The van der Waals surface area contributed by atoms with Gasteiger partial charge in [-0.2, -0.15) is 0 Å². The molecule has 0 bridgehead atoms. The van der Waals surface area contributed by atoms with Crippen molar-refractivity contribution in [3.8, 4) is 5.75 Å². The first-order valence-corrected chi connectivity index (χ1v) is 9.47. The molecular weight excluding hydrogens is 332 g/mol. The van der Waals surface area contributed by atoms with Crippen molar-refractivity contribution in [3.05, 3.63) is 29.8 Å². The van der Waals surface area contributed by atoms with Gasteiger partial charge >= 0.3 is 0 Å². The fourth-order valence-electron chi connectivity index (χ4n) is 3.54. The van der Waals surface area contributed by atoms with Crippen LogP contribution in [0.2, 0.25) is 0 Å². The zero-order chi connectivity index (χ0) is 18.4. The summed E-state index contributed by atoms with van der Waals surface area (Å²) in [5, 5.41) is 3.06. The van der Waals surface area contributed by atoms with Crippen LogP contribution in [0.1, 0.15) is 43.0 Å². The van der Waals surface area contributed by atoms with Gasteiger partial charge in [-0.05, 0) is 56.9 Å². The maximum atomic E-state index is 12.1. The quantitative estimate of drug-likeness (QED) is 0.754. The molecule has 142 valence electrons. The molecule has 6 heteroatoms. The predicted molar refractivity (Wildman–Crippen MR) is 98.5 cm³/mol. The van der Waals surface area contributed by atoms with E-state index in [1.165, 1.54) is 19.8 Å². The van der Waals surface area contributed by atoms with Gasteiger partial charge < -0.3 is 19.7 Å². The summed E-state index contributed by atoms with van der Waals surface area (Å²) in [6, 6.07) is 7.06. The lowest BCUT2D eigenvalue weighted by molar-refractivity contribution is -0.124. The zero-order valence-electron chi connectivity index (χ0n) is 15.4. The molecule has 1 aromatic rings. The largest absolute Gasteiger partial charge is 0.484 e. The average Bonchev–Trinajstić information content (AvgIpc) is 3.15. The van der Waals surface area contributed by atoms with Gasteiger partial charge in [0.2, 0.25) is 0 Å². The van der Waals surface area contributed by atoms with E-state index in [1.54, 1.807) is 24.3 Å². The molecule has 2 aliphatic rings. The molecule has 1 aromatic carbocycles. The molecule has 2 aliphatic heterocycles. The summed E-state index contributed by atoms with van der Waals surface area (Å²) >= 11 is 0. The molecule has 0 saturated carbocycles. The van der Waals surface area contributed by atoms with Crippen molar-refractivity contribution in [2.45, 2.75) is 44.8 Å². The highest BCUT2D eigenvalue weighted by Crippen LogP contribution is 2.17. The molecule has 3 rings (SSSR count). The van der Waals surface area contributed by atoms with Crippen LogP contribution in [-0.4, -0.2) is 61.6 Å². The van der Waals surface area contributed by atoms with E-state index in [1.807, 2.05) is 0 Å². The number of nitrogens with zero attached hydrogens (tertiary/aromatic N) is 1. The number of Topliss-reactive ketones (excluding diaryl/α,β-unsaturated/α-hetero) is 1. The second kappa shape index (κ2) is 9.14. The van der Waals surface area contributed by atoms with Crippen LogP contribution in [-0.2, 0) is 9.53 Å². The van der Waals surface area contributed by atoms with Crippen molar-refractivity contribution in [2.24, 2.45) is 0 Å². The molecule has 2 heterocycles. The van der Waals surface area contributed by atoms with E-state index in [9.17, 15) is 9.59 Å². The number of rotatable bonds is 7. The smallest absolute Gasteiger partial charge is 0.258 e. The number of nitrogens with one attached hydrogen (secondary N) is 1. The molecule has 0 spiro atoms. The molecular formula is C20H28N2O4. The number of carbonyl (C=O) groups is 2. The van der Waals surface area contributed by atoms with Crippen LogP contribution < -0.4 is 10.1 Å². The van der Waals surface area contributed by atoms with E-state index in [2.05, 4.69) is 10.2 Å². The van der Waals surface area contributed by atoms with Crippen LogP contribution in [0.25, 0.3) is 0 Å². The minimum absolute atomic E-state index is 0.00442. The molecule has 2 saturated heterocycles. The average molecular weight is 360 g/mol. The summed E-state index contributed by atoms with van der Waals surface area (Å²) in [6.45, 7) is 5.43. The lowest BCUT2D eigenvalue weighted by atomic mass is 10.0. The normalized spacial score (nSPS) is 21.5. The number of benzene rings is 1. The van der Waals surface area contributed by atoms with E-state index in [0.29, 0.717) is 17.4 Å². The van der Waals surface area contributed by atoms with E-state index in [-0.39, 0.29) is 24.3 Å².